The van der Waals surface area contributed by atoms with Crippen LogP contribution in [0.2, 0.25) is 5.02 Å². The summed E-state index contributed by atoms with van der Waals surface area (Å²) in [5, 5.41) is 22.1. The lowest BCUT2D eigenvalue weighted by atomic mass is 10.0. The molecule has 2 heterocycles. The molecule has 2 aliphatic rings. The molecule has 1 aromatic heterocycles. The Morgan fingerprint density at radius 2 is 2.07 bits per heavy atom. The van der Waals surface area contributed by atoms with Gasteiger partial charge in [-0.2, -0.15) is 0 Å². The van der Waals surface area contributed by atoms with E-state index in [1.165, 1.54) is 12.8 Å². The third-order valence-corrected chi connectivity index (χ3v) is 5.96. The molecule has 8 heteroatoms. The molecule has 2 N–H and O–H groups in total. The third-order valence-electron chi connectivity index (χ3n) is 5.72. The van der Waals surface area contributed by atoms with Crippen molar-refractivity contribution in [2.24, 2.45) is 0 Å². The molecule has 1 saturated carbocycles. The molecule has 0 radical (unpaired) electrons. The first-order valence-corrected chi connectivity index (χ1v) is 10.4. The number of aromatic nitrogens is 3. The van der Waals surface area contributed by atoms with Crippen LogP contribution in [0, 0.1) is 0 Å². The van der Waals surface area contributed by atoms with Crippen LogP contribution in [0.3, 0.4) is 0 Å². The zero-order chi connectivity index (χ0) is 19.5. The van der Waals surface area contributed by atoms with Gasteiger partial charge in [0.15, 0.2) is 5.69 Å². The Kier molecular flexibility index (Phi) is 5.82. The molecule has 1 aliphatic carbocycles. The van der Waals surface area contributed by atoms with Crippen LogP contribution < -0.4 is 5.32 Å². The van der Waals surface area contributed by atoms with Gasteiger partial charge in [0, 0.05) is 29.7 Å². The van der Waals surface area contributed by atoms with Crippen molar-refractivity contribution in [3.8, 4) is 5.75 Å². The summed E-state index contributed by atoms with van der Waals surface area (Å²) in [6.07, 6.45) is 8.23. The lowest BCUT2D eigenvalue weighted by Crippen LogP contribution is -2.36. The summed E-state index contributed by atoms with van der Waals surface area (Å²) in [5.74, 6) is 0.132. The predicted molar refractivity (Wildman–Crippen MR) is 106 cm³/mol. The van der Waals surface area contributed by atoms with Gasteiger partial charge in [0.05, 0.1) is 12.2 Å². The summed E-state index contributed by atoms with van der Waals surface area (Å²) in [6, 6.07) is 5.56. The third kappa shape index (κ3) is 4.47. The van der Waals surface area contributed by atoms with E-state index in [4.69, 9.17) is 11.6 Å². The Labute approximate surface area is 169 Å². The van der Waals surface area contributed by atoms with Crippen LogP contribution in [0.1, 0.15) is 60.6 Å². The second kappa shape index (κ2) is 8.49. The Morgan fingerprint density at radius 3 is 2.89 bits per heavy atom. The van der Waals surface area contributed by atoms with Crippen LogP contribution in [-0.2, 0) is 6.54 Å². The van der Waals surface area contributed by atoms with E-state index >= 15 is 0 Å². The van der Waals surface area contributed by atoms with E-state index < -0.39 is 0 Å². The number of carbonyl (C=O) groups excluding carboxylic acids is 1. The molecule has 2 aromatic rings. The number of halogens is 1. The van der Waals surface area contributed by atoms with E-state index in [9.17, 15) is 9.90 Å². The van der Waals surface area contributed by atoms with Crippen LogP contribution in [0.15, 0.2) is 24.4 Å². The number of likely N-dealkylation sites (tertiary alicyclic amines) is 1. The number of nitrogens with one attached hydrogen (secondary N) is 1. The summed E-state index contributed by atoms with van der Waals surface area (Å²) < 4.78 is 1.81. The molecule has 0 unspecified atom stereocenters. The van der Waals surface area contributed by atoms with Crippen LogP contribution in [-0.4, -0.2) is 50.0 Å². The normalized spacial score (nSPS) is 21.1. The molecule has 1 aromatic carbocycles. The van der Waals surface area contributed by atoms with Crippen molar-refractivity contribution in [2.75, 3.05) is 13.1 Å². The number of aromatic hydroxyl groups is 1. The minimum absolute atomic E-state index is 0.130. The van der Waals surface area contributed by atoms with Gasteiger partial charge in [-0.05, 0) is 50.4 Å². The van der Waals surface area contributed by atoms with Gasteiger partial charge in [-0.3, -0.25) is 9.69 Å². The average molecular weight is 404 g/mol. The minimum Gasteiger partial charge on any atom is -0.508 e. The standard InChI is InChI=1S/C20H26ClN5O2/c21-15-7-8-19(27)14(10-15)11-25-9-3-6-17(12-25)26-13-18(23-24-26)20(28)22-16-4-1-2-5-16/h7-8,10,13,16-17,27H,1-6,9,11-12H2,(H,22,28)/t17-/m1/s1. The van der Waals surface area contributed by atoms with Gasteiger partial charge < -0.3 is 10.4 Å². The highest BCUT2D eigenvalue weighted by Crippen LogP contribution is 2.27. The Bertz CT molecular complexity index is 834. The highest BCUT2D eigenvalue weighted by molar-refractivity contribution is 6.30. The molecule has 1 aliphatic heterocycles. The quantitative estimate of drug-likeness (QED) is 0.801. The number of rotatable bonds is 5. The van der Waals surface area contributed by atoms with Crippen molar-refractivity contribution in [2.45, 2.75) is 57.2 Å². The molecule has 7 nitrogen and oxygen atoms in total. The lowest BCUT2D eigenvalue weighted by molar-refractivity contribution is 0.0932. The number of hydrogen-bond donors (Lipinski definition) is 2. The van der Waals surface area contributed by atoms with Gasteiger partial charge in [-0.1, -0.05) is 29.7 Å². The van der Waals surface area contributed by atoms with Crippen molar-refractivity contribution in [1.82, 2.24) is 25.2 Å². The monoisotopic (exact) mass is 403 g/mol. The molecule has 0 spiro atoms. The van der Waals surface area contributed by atoms with Gasteiger partial charge >= 0.3 is 0 Å². The smallest absolute Gasteiger partial charge is 0.273 e. The molecular weight excluding hydrogens is 378 g/mol. The van der Waals surface area contributed by atoms with Crippen LogP contribution >= 0.6 is 11.6 Å². The summed E-state index contributed by atoms with van der Waals surface area (Å²) in [7, 11) is 0. The summed E-state index contributed by atoms with van der Waals surface area (Å²) >= 11 is 6.06. The zero-order valence-corrected chi connectivity index (χ0v) is 16.6. The molecule has 4 rings (SSSR count). The number of phenols is 1. The molecule has 150 valence electrons. The summed E-state index contributed by atoms with van der Waals surface area (Å²) in [5.41, 5.74) is 1.21. The van der Waals surface area contributed by atoms with E-state index in [0.29, 0.717) is 17.3 Å². The number of benzene rings is 1. The second-order valence-corrected chi connectivity index (χ2v) is 8.28. The van der Waals surface area contributed by atoms with Crippen LogP contribution in [0.25, 0.3) is 0 Å². The van der Waals surface area contributed by atoms with E-state index in [1.807, 2.05) is 4.68 Å². The number of nitrogens with zero attached hydrogens (tertiary/aromatic N) is 4. The molecule has 1 atom stereocenters. The first-order chi connectivity index (χ1) is 13.6. The Balaban J connectivity index is 1.38. The second-order valence-electron chi connectivity index (χ2n) is 7.84. The predicted octanol–water partition coefficient (Wildman–Crippen LogP) is 3.15. The molecule has 0 bridgehead atoms. The summed E-state index contributed by atoms with van der Waals surface area (Å²) in [4.78, 5) is 14.7. The molecule has 1 amide bonds. The maximum atomic E-state index is 12.4. The zero-order valence-electron chi connectivity index (χ0n) is 15.9. The van der Waals surface area contributed by atoms with Crippen LogP contribution in [0.4, 0.5) is 0 Å². The van der Waals surface area contributed by atoms with Gasteiger partial charge in [0.25, 0.3) is 5.91 Å². The van der Waals surface area contributed by atoms with Crippen molar-refractivity contribution in [3.63, 3.8) is 0 Å². The number of piperidine rings is 1. The van der Waals surface area contributed by atoms with E-state index in [-0.39, 0.29) is 23.7 Å². The van der Waals surface area contributed by atoms with E-state index in [2.05, 4.69) is 20.5 Å². The topological polar surface area (TPSA) is 83.3 Å². The van der Waals surface area contributed by atoms with Crippen molar-refractivity contribution in [3.05, 3.63) is 40.7 Å². The highest BCUT2D eigenvalue weighted by atomic mass is 35.5. The fraction of sp³-hybridized carbons (Fsp3) is 0.550. The van der Waals surface area contributed by atoms with Crippen molar-refractivity contribution < 1.29 is 9.90 Å². The van der Waals surface area contributed by atoms with Crippen LogP contribution in [0.5, 0.6) is 5.75 Å². The van der Waals surface area contributed by atoms with Gasteiger partial charge in [-0.15, -0.1) is 5.10 Å². The fourth-order valence-corrected chi connectivity index (χ4v) is 4.40. The maximum absolute atomic E-state index is 12.4. The van der Waals surface area contributed by atoms with Gasteiger partial charge in [0.2, 0.25) is 0 Å². The fourth-order valence-electron chi connectivity index (χ4n) is 4.20. The lowest BCUT2D eigenvalue weighted by Gasteiger charge is -2.32. The number of amides is 1. The van der Waals surface area contributed by atoms with Gasteiger partial charge in [-0.25, -0.2) is 4.68 Å². The van der Waals surface area contributed by atoms with Crippen molar-refractivity contribution >= 4 is 17.5 Å². The Morgan fingerprint density at radius 1 is 1.25 bits per heavy atom. The molecule has 2 fully saturated rings. The minimum atomic E-state index is -0.130. The highest BCUT2D eigenvalue weighted by Gasteiger charge is 2.25. The van der Waals surface area contributed by atoms with E-state index in [1.54, 1.807) is 24.4 Å². The largest absolute Gasteiger partial charge is 0.508 e. The molecule has 28 heavy (non-hydrogen) atoms. The SMILES string of the molecule is O=C(NC1CCCC1)c1cn([C@@H]2CCCN(Cc3cc(Cl)ccc3O)C2)nn1. The number of phenolic OH excluding ortho intramolecular Hbond substituents is 1. The number of hydrogen-bond acceptors (Lipinski definition) is 5. The molecule has 1 saturated heterocycles. The first kappa shape index (κ1) is 19.2. The van der Waals surface area contributed by atoms with E-state index in [0.717, 1.165) is 44.3 Å². The number of carbonyl (C=O) groups is 1. The van der Waals surface area contributed by atoms with Gasteiger partial charge in [0.1, 0.15) is 5.75 Å². The maximum Gasteiger partial charge on any atom is 0.273 e. The molecular formula is C20H26ClN5O2. The Hall–Kier alpha value is -2.12. The summed E-state index contributed by atoms with van der Waals surface area (Å²) in [6.45, 7) is 2.37. The average Bonchev–Trinajstić information content (AvgIpc) is 3.37. The van der Waals surface area contributed by atoms with Crippen molar-refractivity contribution in [1.29, 1.82) is 0 Å². The first-order valence-electron chi connectivity index (χ1n) is 10.0.